The molecule has 2 aromatic rings. The summed E-state index contributed by atoms with van der Waals surface area (Å²) in [6, 6.07) is 7.23. The zero-order valence-electron chi connectivity index (χ0n) is 20.9. The van der Waals surface area contributed by atoms with E-state index in [4.69, 9.17) is 4.74 Å². The van der Waals surface area contributed by atoms with Crippen LogP contribution in [0.25, 0.3) is 0 Å². The first-order valence-electron chi connectivity index (χ1n) is 12.4. The van der Waals surface area contributed by atoms with Crippen LogP contribution in [0, 0.1) is 29.1 Å². The van der Waals surface area contributed by atoms with Crippen molar-refractivity contribution in [2.75, 3.05) is 4.90 Å². The minimum Gasteiger partial charge on any atom is -0.477 e. The van der Waals surface area contributed by atoms with E-state index in [-0.39, 0.29) is 34.3 Å². The summed E-state index contributed by atoms with van der Waals surface area (Å²) in [6.07, 6.45) is 6.67. The maximum Gasteiger partial charge on any atom is 0.348 e. The Morgan fingerprint density at radius 1 is 1.17 bits per heavy atom. The van der Waals surface area contributed by atoms with E-state index in [0.717, 1.165) is 37.0 Å². The van der Waals surface area contributed by atoms with Crippen LogP contribution in [0.15, 0.2) is 30.5 Å². The van der Waals surface area contributed by atoms with Crippen molar-refractivity contribution in [2.24, 2.45) is 17.3 Å². The van der Waals surface area contributed by atoms with E-state index in [1.54, 1.807) is 17.2 Å². The molecule has 2 aromatic heterocycles. The Hall–Kier alpha value is -2.85. The number of amides is 1. The molecule has 2 aliphatic rings. The van der Waals surface area contributed by atoms with Crippen molar-refractivity contribution in [2.45, 2.75) is 78.4 Å². The standard InChI is InChI=1S/C28H34N2O4S/c1-18-8-10-19(11-9-18)26(31)30(20-15-21(16-20)34-24-7-5-6-14-29-24)23-17-22(12-13-28(2,3)4)35-25(23)27(32)33/h5-7,14,17-21H,8-11,15-16H2,1-4H3,(H,32,33)/t18-,19-,20-,21+. The molecular formula is C28H34N2O4S. The molecule has 2 aliphatic carbocycles. The second kappa shape index (κ2) is 10.4. The molecule has 0 unspecified atom stereocenters. The molecule has 7 heteroatoms. The maximum atomic E-state index is 13.9. The van der Waals surface area contributed by atoms with Crippen LogP contribution in [0.4, 0.5) is 5.69 Å². The fourth-order valence-corrected chi connectivity index (χ4v) is 5.50. The molecule has 0 atom stereocenters. The molecule has 6 nitrogen and oxygen atoms in total. The number of aromatic nitrogens is 1. The molecule has 0 aromatic carbocycles. The van der Waals surface area contributed by atoms with Gasteiger partial charge in [0.1, 0.15) is 11.0 Å². The van der Waals surface area contributed by atoms with Gasteiger partial charge in [0.2, 0.25) is 11.8 Å². The molecule has 0 radical (unpaired) electrons. The van der Waals surface area contributed by atoms with Gasteiger partial charge in [0.15, 0.2) is 0 Å². The fraction of sp³-hybridized carbons (Fsp3) is 0.536. The molecule has 186 valence electrons. The van der Waals surface area contributed by atoms with Gasteiger partial charge in [-0.2, -0.15) is 0 Å². The number of rotatable bonds is 6. The molecular weight excluding hydrogens is 460 g/mol. The van der Waals surface area contributed by atoms with Gasteiger partial charge in [-0.05, 0) is 64.5 Å². The number of carbonyl (C=O) groups is 2. The summed E-state index contributed by atoms with van der Waals surface area (Å²) in [5, 5.41) is 9.99. The van der Waals surface area contributed by atoms with E-state index in [0.29, 0.717) is 35.2 Å². The number of ether oxygens (including phenoxy) is 1. The van der Waals surface area contributed by atoms with E-state index < -0.39 is 5.97 Å². The van der Waals surface area contributed by atoms with Crippen LogP contribution in [0.1, 0.15) is 80.8 Å². The zero-order valence-corrected chi connectivity index (χ0v) is 21.7. The number of hydrogen-bond acceptors (Lipinski definition) is 5. The number of thiophene rings is 1. The van der Waals surface area contributed by atoms with Crippen molar-refractivity contribution in [3.63, 3.8) is 0 Å². The van der Waals surface area contributed by atoms with Gasteiger partial charge in [-0.3, -0.25) is 4.79 Å². The summed E-state index contributed by atoms with van der Waals surface area (Å²) >= 11 is 1.15. The highest BCUT2D eigenvalue weighted by molar-refractivity contribution is 7.15. The van der Waals surface area contributed by atoms with E-state index >= 15 is 0 Å². The number of hydrogen-bond donors (Lipinski definition) is 1. The Balaban J connectivity index is 1.61. The summed E-state index contributed by atoms with van der Waals surface area (Å²) in [7, 11) is 0. The van der Waals surface area contributed by atoms with Gasteiger partial charge in [0.25, 0.3) is 0 Å². The molecule has 0 aliphatic heterocycles. The van der Waals surface area contributed by atoms with Gasteiger partial charge in [0.05, 0.1) is 10.6 Å². The van der Waals surface area contributed by atoms with E-state index in [2.05, 4.69) is 23.7 Å². The maximum absolute atomic E-state index is 13.9. The highest BCUT2D eigenvalue weighted by Gasteiger charge is 2.42. The lowest BCUT2D eigenvalue weighted by molar-refractivity contribution is -0.124. The summed E-state index contributed by atoms with van der Waals surface area (Å²) in [4.78, 5) is 32.9. The summed E-state index contributed by atoms with van der Waals surface area (Å²) in [6.45, 7) is 8.28. The first kappa shape index (κ1) is 25.2. The predicted molar refractivity (Wildman–Crippen MR) is 138 cm³/mol. The first-order chi connectivity index (χ1) is 16.6. The number of aromatic carboxylic acids is 1. The van der Waals surface area contributed by atoms with Crippen molar-refractivity contribution >= 4 is 28.9 Å². The Labute approximate surface area is 211 Å². The van der Waals surface area contributed by atoms with Crippen LogP contribution in [-0.2, 0) is 4.79 Å². The minimum atomic E-state index is -1.02. The van der Waals surface area contributed by atoms with Gasteiger partial charge in [-0.1, -0.05) is 24.8 Å². The summed E-state index contributed by atoms with van der Waals surface area (Å²) in [5.74, 6) is 6.44. The molecule has 0 spiro atoms. The quantitative estimate of drug-likeness (QED) is 0.498. The SMILES string of the molecule is CC(C)(C)C#Cc1cc(N(C(=O)[C@H]2CC[C@H](C)CC2)[C@H]2C[C@@H](Oc3ccccn3)C2)c(C(=O)O)s1. The second-order valence-electron chi connectivity index (χ2n) is 10.8. The predicted octanol–water partition coefficient (Wildman–Crippen LogP) is 6.01. The van der Waals surface area contributed by atoms with Gasteiger partial charge in [-0.25, -0.2) is 9.78 Å². The van der Waals surface area contributed by atoms with Crippen LogP contribution in [0.3, 0.4) is 0 Å². The lowest BCUT2D eigenvalue weighted by atomic mass is 9.80. The molecule has 1 amide bonds. The molecule has 1 N–H and O–H groups in total. The Bertz CT molecular complexity index is 1110. The van der Waals surface area contributed by atoms with Gasteiger partial charge in [0, 0.05) is 42.5 Å². The van der Waals surface area contributed by atoms with Crippen LogP contribution in [0.5, 0.6) is 5.88 Å². The monoisotopic (exact) mass is 494 g/mol. The average Bonchev–Trinajstić information content (AvgIpc) is 3.21. The lowest BCUT2D eigenvalue weighted by Gasteiger charge is -2.44. The van der Waals surface area contributed by atoms with Crippen LogP contribution >= 0.6 is 11.3 Å². The van der Waals surface area contributed by atoms with E-state index in [1.807, 2.05) is 39.0 Å². The zero-order chi connectivity index (χ0) is 25.2. The largest absolute Gasteiger partial charge is 0.477 e. The average molecular weight is 495 g/mol. The Morgan fingerprint density at radius 2 is 1.89 bits per heavy atom. The number of nitrogens with zero attached hydrogens (tertiary/aromatic N) is 2. The van der Waals surface area contributed by atoms with Crippen molar-refractivity contribution < 1.29 is 19.4 Å². The highest BCUT2D eigenvalue weighted by atomic mass is 32.1. The molecule has 2 fully saturated rings. The number of carboxylic acids is 1. The Morgan fingerprint density at radius 3 is 2.49 bits per heavy atom. The molecule has 0 bridgehead atoms. The number of carbonyl (C=O) groups excluding carboxylic acids is 1. The van der Waals surface area contributed by atoms with Crippen molar-refractivity contribution in [1.29, 1.82) is 0 Å². The number of anilines is 1. The molecule has 4 rings (SSSR count). The topological polar surface area (TPSA) is 79.7 Å². The molecule has 35 heavy (non-hydrogen) atoms. The molecule has 0 saturated heterocycles. The van der Waals surface area contributed by atoms with Gasteiger partial charge in [-0.15, -0.1) is 11.3 Å². The van der Waals surface area contributed by atoms with Gasteiger partial charge < -0.3 is 14.7 Å². The summed E-state index contributed by atoms with van der Waals surface area (Å²) in [5.41, 5.74) is 0.275. The van der Waals surface area contributed by atoms with E-state index in [1.165, 1.54) is 0 Å². The number of carboxylic acid groups (broad SMARTS) is 1. The second-order valence-corrected chi connectivity index (χ2v) is 11.9. The van der Waals surface area contributed by atoms with Gasteiger partial charge >= 0.3 is 5.97 Å². The normalized spacial score (nSPS) is 24.0. The van der Waals surface area contributed by atoms with Crippen LogP contribution < -0.4 is 9.64 Å². The lowest BCUT2D eigenvalue weighted by Crippen LogP contribution is -2.54. The van der Waals surface area contributed by atoms with Crippen molar-refractivity contribution in [1.82, 2.24) is 4.98 Å². The highest BCUT2D eigenvalue weighted by Crippen LogP contribution is 2.40. The molecule has 2 saturated carbocycles. The smallest absolute Gasteiger partial charge is 0.348 e. The third-order valence-electron chi connectivity index (χ3n) is 6.69. The fourth-order valence-electron chi connectivity index (χ4n) is 4.66. The number of pyridine rings is 1. The van der Waals surface area contributed by atoms with Crippen LogP contribution in [-0.4, -0.2) is 34.1 Å². The summed E-state index contributed by atoms with van der Waals surface area (Å²) < 4.78 is 5.98. The van der Waals surface area contributed by atoms with Crippen molar-refractivity contribution in [3.05, 3.63) is 40.2 Å². The van der Waals surface area contributed by atoms with Crippen molar-refractivity contribution in [3.8, 4) is 17.7 Å². The van der Waals surface area contributed by atoms with Crippen LogP contribution in [0.2, 0.25) is 0 Å². The van der Waals surface area contributed by atoms with E-state index in [9.17, 15) is 14.7 Å². The molecule has 2 heterocycles. The first-order valence-corrected chi connectivity index (χ1v) is 13.2. The minimum absolute atomic E-state index is 0.0359. The third-order valence-corrected chi connectivity index (χ3v) is 7.72. The third kappa shape index (κ3) is 6.24. The Kier molecular flexibility index (Phi) is 7.51.